The molecule has 3 heterocycles. The number of thioether (sulfide) groups is 2. The van der Waals surface area contributed by atoms with Crippen molar-refractivity contribution in [3.8, 4) is 0 Å². The molecule has 1 aliphatic heterocycles. The first kappa shape index (κ1) is 18.8. The Morgan fingerprint density at radius 3 is 2.88 bits per heavy atom. The summed E-state index contributed by atoms with van der Waals surface area (Å²) in [6.45, 7) is 2.24. The zero-order chi connectivity index (χ0) is 18.3. The molecule has 0 radical (unpaired) electrons. The molecule has 1 unspecified atom stereocenters. The Bertz CT molecular complexity index is 974. The molecule has 3 nitrogen and oxygen atoms in total. The van der Waals surface area contributed by atoms with Gasteiger partial charge in [-0.1, -0.05) is 41.0 Å². The maximum atomic E-state index is 6.35. The Kier molecular flexibility index (Phi) is 5.69. The molecule has 3 aromatic rings. The molecule has 0 saturated heterocycles. The van der Waals surface area contributed by atoms with E-state index in [0.29, 0.717) is 10.0 Å². The van der Waals surface area contributed by atoms with Crippen LogP contribution in [0.15, 0.2) is 28.4 Å². The summed E-state index contributed by atoms with van der Waals surface area (Å²) in [5.74, 6) is 0.770. The zero-order valence-corrected chi connectivity index (χ0v) is 18.4. The SMILES string of the molecule is CSc1nc(SCc2ccc(Cl)cc2Cl)c2c3c(sc2n1)C[NH+](C)CC3. The summed E-state index contributed by atoms with van der Waals surface area (Å²) in [7, 11) is 2.25. The third-order valence-electron chi connectivity index (χ3n) is 4.51. The Balaban J connectivity index is 1.73. The van der Waals surface area contributed by atoms with Gasteiger partial charge in [0.2, 0.25) is 0 Å². The number of nitrogens with one attached hydrogen (secondary N) is 1. The minimum absolute atomic E-state index is 0.663. The average molecular weight is 443 g/mol. The second-order valence-electron chi connectivity index (χ2n) is 6.36. The fourth-order valence-electron chi connectivity index (χ4n) is 3.14. The normalized spacial score (nSPS) is 16.8. The second kappa shape index (κ2) is 7.86. The molecule has 8 heteroatoms. The van der Waals surface area contributed by atoms with E-state index in [-0.39, 0.29) is 0 Å². The smallest absolute Gasteiger partial charge is 0.189 e. The molecule has 0 amide bonds. The van der Waals surface area contributed by atoms with Crippen molar-refractivity contribution < 1.29 is 4.90 Å². The van der Waals surface area contributed by atoms with E-state index >= 15 is 0 Å². The summed E-state index contributed by atoms with van der Waals surface area (Å²) in [6.07, 6.45) is 3.12. The average Bonchev–Trinajstić information content (AvgIpc) is 2.97. The molecule has 1 aromatic carbocycles. The Hall–Kier alpha value is -0.500. The molecular weight excluding hydrogens is 425 g/mol. The Morgan fingerprint density at radius 1 is 1.27 bits per heavy atom. The van der Waals surface area contributed by atoms with E-state index in [2.05, 4.69) is 7.05 Å². The fraction of sp³-hybridized carbons (Fsp3) is 0.333. The van der Waals surface area contributed by atoms with E-state index < -0.39 is 0 Å². The second-order valence-corrected chi connectivity index (χ2v) is 10.0. The summed E-state index contributed by atoms with van der Waals surface area (Å²) in [5.41, 5.74) is 2.53. The van der Waals surface area contributed by atoms with Crippen LogP contribution in [0.2, 0.25) is 10.0 Å². The summed E-state index contributed by atoms with van der Waals surface area (Å²) >= 11 is 17.5. The largest absolute Gasteiger partial charge is 0.333 e. The van der Waals surface area contributed by atoms with E-state index in [1.165, 1.54) is 15.8 Å². The van der Waals surface area contributed by atoms with Crippen molar-refractivity contribution >= 4 is 68.3 Å². The van der Waals surface area contributed by atoms with Crippen molar-refractivity contribution in [2.75, 3.05) is 19.8 Å². The molecule has 1 aliphatic rings. The van der Waals surface area contributed by atoms with Crippen LogP contribution < -0.4 is 4.90 Å². The monoisotopic (exact) mass is 442 g/mol. The molecule has 1 atom stereocenters. The van der Waals surface area contributed by atoms with Crippen LogP contribution in [0.3, 0.4) is 0 Å². The Labute approximate surface area is 175 Å². The zero-order valence-electron chi connectivity index (χ0n) is 14.4. The molecular formula is C18H18Cl2N3S3+. The van der Waals surface area contributed by atoms with Gasteiger partial charge >= 0.3 is 0 Å². The number of aromatic nitrogens is 2. The molecule has 4 rings (SSSR count). The standard InChI is InChI=1S/C18H17Cl2N3S3/c1-23-6-5-12-14(8-23)26-17-15(12)16(21-18(22-17)24-2)25-9-10-3-4-11(19)7-13(10)20/h3-4,7H,5-6,8-9H2,1-2H3/p+1. The van der Waals surface area contributed by atoms with Gasteiger partial charge in [-0.05, 0) is 29.5 Å². The van der Waals surface area contributed by atoms with Crippen molar-refractivity contribution in [3.63, 3.8) is 0 Å². The molecule has 2 aromatic heterocycles. The van der Waals surface area contributed by atoms with Gasteiger partial charge in [-0.3, -0.25) is 0 Å². The summed E-state index contributed by atoms with van der Waals surface area (Å²) < 4.78 is 0. The number of hydrogen-bond acceptors (Lipinski definition) is 5. The van der Waals surface area contributed by atoms with Gasteiger partial charge in [0, 0.05) is 27.6 Å². The predicted octanol–water partition coefficient (Wildman–Crippen LogP) is 4.58. The highest BCUT2D eigenvalue weighted by Crippen LogP contribution is 2.39. The first-order valence-electron chi connectivity index (χ1n) is 8.29. The van der Waals surface area contributed by atoms with Crippen molar-refractivity contribution in [1.82, 2.24) is 9.97 Å². The highest BCUT2D eigenvalue weighted by atomic mass is 35.5. The maximum absolute atomic E-state index is 6.35. The summed E-state index contributed by atoms with van der Waals surface area (Å²) in [6, 6.07) is 5.68. The van der Waals surface area contributed by atoms with Crippen LogP contribution >= 0.6 is 58.1 Å². The lowest BCUT2D eigenvalue weighted by Gasteiger charge is -2.19. The predicted molar refractivity (Wildman–Crippen MR) is 114 cm³/mol. The first-order chi connectivity index (χ1) is 12.5. The van der Waals surface area contributed by atoms with Crippen LogP contribution in [0.4, 0.5) is 0 Å². The van der Waals surface area contributed by atoms with Crippen LogP contribution in [0, 0.1) is 0 Å². The maximum Gasteiger partial charge on any atom is 0.189 e. The minimum atomic E-state index is 0.663. The Morgan fingerprint density at radius 2 is 2.12 bits per heavy atom. The van der Waals surface area contributed by atoms with Gasteiger partial charge in [-0.2, -0.15) is 0 Å². The van der Waals surface area contributed by atoms with Crippen LogP contribution in [0.5, 0.6) is 0 Å². The summed E-state index contributed by atoms with van der Waals surface area (Å²) in [4.78, 5) is 13.7. The lowest BCUT2D eigenvalue weighted by molar-refractivity contribution is -0.895. The number of quaternary nitrogens is 1. The van der Waals surface area contributed by atoms with Gasteiger partial charge in [0.15, 0.2) is 5.16 Å². The van der Waals surface area contributed by atoms with Crippen LogP contribution in [0.1, 0.15) is 16.0 Å². The quantitative estimate of drug-likeness (QED) is 0.363. The van der Waals surface area contributed by atoms with Crippen molar-refractivity contribution in [2.24, 2.45) is 0 Å². The van der Waals surface area contributed by atoms with Gasteiger partial charge < -0.3 is 4.90 Å². The van der Waals surface area contributed by atoms with Crippen molar-refractivity contribution in [2.45, 2.75) is 28.9 Å². The third kappa shape index (κ3) is 3.73. The van der Waals surface area contributed by atoms with E-state index in [9.17, 15) is 0 Å². The van der Waals surface area contributed by atoms with Gasteiger partial charge in [0.25, 0.3) is 0 Å². The number of thiophene rings is 1. The number of fused-ring (bicyclic) bond motifs is 3. The lowest BCUT2D eigenvalue weighted by atomic mass is 10.1. The highest BCUT2D eigenvalue weighted by molar-refractivity contribution is 7.99. The van der Waals surface area contributed by atoms with Gasteiger partial charge in [-0.15, -0.1) is 23.1 Å². The van der Waals surface area contributed by atoms with Gasteiger partial charge in [-0.25, -0.2) is 9.97 Å². The van der Waals surface area contributed by atoms with E-state index in [1.807, 2.05) is 29.7 Å². The number of rotatable bonds is 4. The van der Waals surface area contributed by atoms with Crippen molar-refractivity contribution in [1.29, 1.82) is 0 Å². The molecule has 0 fully saturated rings. The minimum Gasteiger partial charge on any atom is -0.333 e. The molecule has 0 bridgehead atoms. The topological polar surface area (TPSA) is 30.2 Å². The number of nitrogens with zero attached hydrogens (tertiary/aromatic N) is 2. The fourth-order valence-corrected chi connectivity index (χ4v) is 6.63. The number of likely N-dealkylation sites (N-methyl/N-ethyl adjacent to an activating group) is 1. The van der Waals surface area contributed by atoms with Gasteiger partial charge in [0.05, 0.1) is 18.5 Å². The number of benzene rings is 1. The van der Waals surface area contributed by atoms with E-state index in [1.54, 1.807) is 34.5 Å². The molecule has 0 aliphatic carbocycles. The summed E-state index contributed by atoms with van der Waals surface area (Å²) in [5, 5.41) is 4.53. The molecule has 0 saturated carbocycles. The van der Waals surface area contributed by atoms with Crippen LogP contribution in [-0.4, -0.2) is 29.8 Å². The molecule has 1 N–H and O–H groups in total. The van der Waals surface area contributed by atoms with E-state index in [0.717, 1.165) is 45.8 Å². The number of hydrogen-bond donors (Lipinski definition) is 1. The van der Waals surface area contributed by atoms with Crippen LogP contribution in [-0.2, 0) is 18.7 Å². The number of halogens is 2. The molecule has 26 heavy (non-hydrogen) atoms. The molecule has 0 spiro atoms. The van der Waals surface area contributed by atoms with Crippen LogP contribution in [0.25, 0.3) is 10.2 Å². The highest BCUT2D eigenvalue weighted by Gasteiger charge is 2.25. The lowest BCUT2D eigenvalue weighted by Crippen LogP contribution is -3.08. The first-order valence-corrected chi connectivity index (χ1v) is 12.1. The van der Waals surface area contributed by atoms with Crippen molar-refractivity contribution in [3.05, 3.63) is 44.2 Å². The van der Waals surface area contributed by atoms with Gasteiger partial charge in [0.1, 0.15) is 16.4 Å². The molecule has 136 valence electrons. The third-order valence-corrected chi connectivity index (χ3v) is 7.79. The van der Waals surface area contributed by atoms with E-state index in [4.69, 9.17) is 33.2 Å².